The molecule has 1 N–H and O–H groups in total. The highest BCUT2D eigenvalue weighted by molar-refractivity contribution is 9.11. The van der Waals surface area contributed by atoms with Crippen molar-refractivity contribution in [2.75, 3.05) is 13.1 Å². The maximum Gasteiger partial charge on any atom is 0.243 e. The minimum absolute atomic E-state index is 0.00265. The predicted molar refractivity (Wildman–Crippen MR) is 116 cm³/mol. The maximum absolute atomic E-state index is 12.9. The summed E-state index contributed by atoms with van der Waals surface area (Å²) in [5, 5.41) is 2.97. The molecule has 1 aliphatic rings. The van der Waals surface area contributed by atoms with Crippen LogP contribution in [-0.4, -0.2) is 31.7 Å². The highest BCUT2D eigenvalue weighted by Gasteiger charge is 2.32. The van der Waals surface area contributed by atoms with E-state index in [1.807, 2.05) is 24.3 Å². The van der Waals surface area contributed by atoms with Crippen LogP contribution in [0.4, 0.5) is 0 Å². The lowest BCUT2D eigenvalue weighted by molar-refractivity contribution is -0.126. The van der Waals surface area contributed by atoms with Gasteiger partial charge in [0.05, 0.1) is 15.2 Å². The smallest absolute Gasteiger partial charge is 0.243 e. The molecule has 8 heteroatoms. The summed E-state index contributed by atoms with van der Waals surface area (Å²) in [5.41, 5.74) is 1.12. The van der Waals surface area contributed by atoms with Crippen LogP contribution in [0.15, 0.2) is 45.1 Å². The first-order valence-electron chi connectivity index (χ1n) is 9.39. The molecule has 2 heterocycles. The molecule has 0 atom stereocenters. The van der Waals surface area contributed by atoms with Crippen molar-refractivity contribution in [1.82, 2.24) is 9.62 Å². The monoisotopic (exact) mass is 484 g/mol. The Hall–Kier alpha value is -1.22. The van der Waals surface area contributed by atoms with Crippen LogP contribution in [0.2, 0.25) is 0 Å². The van der Waals surface area contributed by atoms with Gasteiger partial charge in [0.1, 0.15) is 0 Å². The number of thiophene rings is 1. The number of benzene rings is 1. The van der Waals surface area contributed by atoms with E-state index in [1.165, 1.54) is 4.31 Å². The van der Waals surface area contributed by atoms with E-state index in [1.54, 1.807) is 23.5 Å². The molecule has 2 aromatic rings. The molecule has 5 nitrogen and oxygen atoms in total. The predicted octanol–water partition coefficient (Wildman–Crippen LogP) is 4.35. The summed E-state index contributed by atoms with van der Waals surface area (Å²) >= 11 is 5.01. The Bertz CT molecular complexity index is 915. The molecule has 28 heavy (non-hydrogen) atoms. The Morgan fingerprint density at radius 1 is 1.18 bits per heavy atom. The lowest BCUT2D eigenvalue weighted by atomic mass is 9.97. The minimum atomic E-state index is -3.51. The van der Waals surface area contributed by atoms with Crippen molar-refractivity contribution in [3.05, 3.63) is 50.6 Å². The van der Waals surface area contributed by atoms with Gasteiger partial charge in [-0.05, 0) is 64.5 Å². The molecule has 0 spiro atoms. The number of rotatable bonds is 6. The van der Waals surface area contributed by atoms with Crippen LogP contribution in [0.1, 0.15) is 43.0 Å². The Balaban J connectivity index is 1.55. The van der Waals surface area contributed by atoms with Gasteiger partial charge in [0.15, 0.2) is 0 Å². The average molecular weight is 485 g/mol. The Kier molecular flexibility index (Phi) is 6.96. The average Bonchev–Trinajstić information content (AvgIpc) is 3.11. The van der Waals surface area contributed by atoms with Crippen molar-refractivity contribution in [2.24, 2.45) is 5.92 Å². The molecule has 1 amide bonds. The van der Waals surface area contributed by atoms with Gasteiger partial charge in [0, 0.05) is 23.9 Å². The van der Waals surface area contributed by atoms with E-state index in [0.29, 0.717) is 43.3 Å². The Morgan fingerprint density at radius 2 is 1.82 bits per heavy atom. The van der Waals surface area contributed by atoms with Crippen LogP contribution in [0.25, 0.3) is 0 Å². The quantitative estimate of drug-likeness (QED) is 0.662. The number of hydrogen-bond acceptors (Lipinski definition) is 4. The van der Waals surface area contributed by atoms with E-state index >= 15 is 0 Å². The topological polar surface area (TPSA) is 66.5 Å². The molecule has 1 saturated heterocycles. The summed E-state index contributed by atoms with van der Waals surface area (Å²) in [6.07, 6.45) is 1.09. The summed E-state index contributed by atoms with van der Waals surface area (Å²) < 4.78 is 28.3. The summed E-state index contributed by atoms with van der Waals surface area (Å²) in [4.78, 5) is 13.8. The van der Waals surface area contributed by atoms with E-state index in [2.05, 4.69) is 35.1 Å². The van der Waals surface area contributed by atoms with Crippen LogP contribution in [0.5, 0.6) is 0 Å². The molecular weight excluding hydrogens is 460 g/mol. The molecule has 0 radical (unpaired) electrons. The first kappa shape index (κ1) is 21.5. The number of sulfonamides is 1. The fraction of sp³-hybridized carbons (Fsp3) is 0.450. The SMILES string of the molecule is CC(C)c1ccc(S(=O)(=O)N2CCC(C(=O)NCc3ccc(Br)s3)CC2)cc1. The fourth-order valence-corrected chi connectivity index (χ4v) is 6.19. The molecule has 1 aromatic carbocycles. The number of carbonyl (C=O) groups excluding carboxylic acids is 1. The third-order valence-electron chi connectivity index (χ3n) is 5.07. The van der Waals surface area contributed by atoms with Gasteiger partial charge in [-0.2, -0.15) is 4.31 Å². The number of hydrogen-bond donors (Lipinski definition) is 1. The first-order chi connectivity index (χ1) is 13.3. The van der Waals surface area contributed by atoms with Crippen LogP contribution >= 0.6 is 27.3 Å². The highest BCUT2D eigenvalue weighted by atomic mass is 79.9. The van der Waals surface area contributed by atoms with E-state index in [0.717, 1.165) is 14.2 Å². The summed E-state index contributed by atoms with van der Waals surface area (Å²) in [6.45, 7) is 5.41. The van der Waals surface area contributed by atoms with Gasteiger partial charge >= 0.3 is 0 Å². The van der Waals surface area contributed by atoms with Gasteiger partial charge in [-0.1, -0.05) is 26.0 Å². The lowest BCUT2D eigenvalue weighted by Crippen LogP contribution is -2.42. The molecule has 3 rings (SSSR count). The molecule has 0 bridgehead atoms. The summed E-state index contributed by atoms with van der Waals surface area (Å²) in [7, 11) is -3.51. The van der Waals surface area contributed by atoms with Gasteiger partial charge in [-0.25, -0.2) is 8.42 Å². The molecule has 1 aromatic heterocycles. The zero-order chi connectivity index (χ0) is 20.3. The Morgan fingerprint density at radius 3 is 2.36 bits per heavy atom. The molecular formula is C20H25BrN2O3S2. The van der Waals surface area contributed by atoms with Gasteiger partial charge in [-0.3, -0.25) is 4.79 Å². The van der Waals surface area contributed by atoms with E-state index in [9.17, 15) is 13.2 Å². The van der Waals surface area contributed by atoms with Gasteiger partial charge < -0.3 is 5.32 Å². The number of carbonyl (C=O) groups is 1. The largest absolute Gasteiger partial charge is 0.351 e. The van der Waals surface area contributed by atoms with E-state index in [-0.39, 0.29) is 11.8 Å². The Labute approximate surface area is 179 Å². The summed E-state index contributed by atoms with van der Waals surface area (Å²) in [6, 6.07) is 11.1. The molecule has 1 aliphatic heterocycles. The van der Waals surface area contributed by atoms with Crippen molar-refractivity contribution in [3.8, 4) is 0 Å². The second kappa shape index (κ2) is 9.07. The molecule has 0 saturated carbocycles. The highest BCUT2D eigenvalue weighted by Crippen LogP contribution is 2.26. The van der Waals surface area contributed by atoms with Crippen molar-refractivity contribution in [3.63, 3.8) is 0 Å². The number of halogens is 1. The molecule has 1 fully saturated rings. The second-order valence-corrected chi connectivity index (χ2v) is 11.8. The minimum Gasteiger partial charge on any atom is -0.351 e. The van der Waals surface area contributed by atoms with Gasteiger partial charge in [0.2, 0.25) is 15.9 Å². The molecule has 152 valence electrons. The van der Waals surface area contributed by atoms with Crippen molar-refractivity contribution < 1.29 is 13.2 Å². The van der Waals surface area contributed by atoms with Crippen LogP contribution in [-0.2, 0) is 21.4 Å². The lowest BCUT2D eigenvalue weighted by Gasteiger charge is -2.30. The first-order valence-corrected chi connectivity index (χ1v) is 12.4. The van der Waals surface area contributed by atoms with Gasteiger partial charge in [0.25, 0.3) is 0 Å². The normalized spacial score (nSPS) is 16.4. The van der Waals surface area contributed by atoms with Crippen LogP contribution < -0.4 is 5.32 Å². The zero-order valence-corrected chi connectivity index (χ0v) is 19.2. The van der Waals surface area contributed by atoms with Crippen molar-refractivity contribution >= 4 is 43.2 Å². The van der Waals surface area contributed by atoms with Crippen LogP contribution in [0.3, 0.4) is 0 Å². The third-order valence-corrected chi connectivity index (χ3v) is 8.61. The molecule has 0 aliphatic carbocycles. The third kappa shape index (κ3) is 5.03. The fourth-order valence-electron chi connectivity index (χ4n) is 3.30. The second-order valence-electron chi connectivity index (χ2n) is 7.33. The summed E-state index contributed by atoms with van der Waals surface area (Å²) in [5.74, 6) is 0.224. The zero-order valence-electron chi connectivity index (χ0n) is 16.0. The van der Waals surface area contributed by atoms with Crippen molar-refractivity contribution in [1.29, 1.82) is 0 Å². The van der Waals surface area contributed by atoms with E-state index in [4.69, 9.17) is 0 Å². The number of piperidine rings is 1. The number of nitrogens with zero attached hydrogens (tertiary/aromatic N) is 1. The number of amides is 1. The van der Waals surface area contributed by atoms with E-state index < -0.39 is 10.0 Å². The van der Waals surface area contributed by atoms with Crippen molar-refractivity contribution in [2.45, 2.75) is 44.0 Å². The standard InChI is InChI=1S/C20H25BrN2O3S2/c1-14(2)15-3-6-18(7-4-15)28(25,26)23-11-9-16(10-12-23)20(24)22-13-17-5-8-19(21)27-17/h3-8,14,16H,9-13H2,1-2H3,(H,22,24). The molecule has 0 unspecified atom stereocenters. The number of nitrogens with one attached hydrogen (secondary N) is 1. The maximum atomic E-state index is 12.9. The van der Waals surface area contributed by atoms with Gasteiger partial charge in [-0.15, -0.1) is 11.3 Å². The van der Waals surface area contributed by atoms with Crippen LogP contribution in [0, 0.1) is 5.92 Å².